The minimum atomic E-state index is 0.724. The fourth-order valence-corrected chi connectivity index (χ4v) is 3.19. The van der Waals surface area contributed by atoms with Gasteiger partial charge in [-0.15, -0.1) is 0 Å². The van der Waals surface area contributed by atoms with Crippen LogP contribution in [0.25, 0.3) is 10.8 Å². The van der Waals surface area contributed by atoms with Crippen molar-refractivity contribution < 1.29 is 0 Å². The van der Waals surface area contributed by atoms with Gasteiger partial charge in [0.15, 0.2) is 0 Å². The number of fused-ring (bicyclic) bond motifs is 1. The standard InChI is InChI=1S/C18H23N/c1-2-10-17(19-14-5-1)13-12-16-9-6-8-15-7-3-4-11-18(15)16/h3-4,6-9,11,17,19H,1-2,5,10,12-14H2. The zero-order valence-corrected chi connectivity index (χ0v) is 11.6. The predicted octanol–water partition coefficient (Wildman–Crippen LogP) is 4.30. The van der Waals surface area contributed by atoms with E-state index >= 15 is 0 Å². The van der Waals surface area contributed by atoms with Crippen LogP contribution >= 0.6 is 0 Å². The zero-order valence-electron chi connectivity index (χ0n) is 11.6. The van der Waals surface area contributed by atoms with Gasteiger partial charge in [-0.25, -0.2) is 0 Å². The van der Waals surface area contributed by atoms with Gasteiger partial charge in [-0.05, 0) is 48.6 Å². The first-order chi connectivity index (χ1) is 9.43. The first-order valence-corrected chi connectivity index (χ1v) is 7.63. The van der Waals surface area contributed by atoms with Crippen molar-refractivity contribution in [2.75, 3.05) is 6.54 Å². The Morgan fingerprint density at radius 1 is 0.947 bits per heavy atom. The summed E-state index contributed by atoms with van der Waals surface area (Å²) in [6, 6.07) is 16.2. The molecule has 0 bridgehead atoms. The van der Waals surface area contributed by atoms with Crippen molar-refractivity contribution in [1.82, 2.24) is 5.32 Å². The quantitative estimate of drug-likeness (QED) is 0.859. The Hall–Kier alpha value is -1.34. The Kier molecular flexibility index (Phi) is 4.14. The van der Waals surface area contributed by atoms with Crippen molar-refractivity contribution in [2.24, 2.45) is 0 Å². The molecule has 0 aliphatic carbocycles. The molecule has 1 heteroatoms. The molecule has 100 valence electrons. The van der Waals surface area contributed by atoms with E-state index < -0.39 is 0 Å². The maximum atomic E-state index is 3.70. The maximum Gasteiger partial charge on any atom is 0.00702 e. The van der Waals surface area contributed by atoms with Crippen molar-refractivity contribution in [3.8, 4) is 0 Å². The molecule has 1 aliphatic heterocycles. The molecule has 0 radical (unpaired) electrons. The Morgan fingerprint density at radius 3 is 2.84 bits per heavy atom. The normalized spacial score (nSPS) is 20.3. The molecule has 1 heterocycles. The van der Waals surface area contributed by atoms with Crippen molar-refractivity contribution in [3.05, 3.63) is 48.0 Å². The number of hydrogen-bond donors (Lipinski definition) is 1. The molecule has 0 saturated carbocycles. The summed E-state index contributed by atoms with van der Waals surface area (Å²) in [7, 11) is 0. The molecule has 1 N–H and O–H groups in total. The summed E-state index contributed by atoms with van der Waals surface area (Å²) >= 11 is 0. The third kappa shape index (κ3) is 3.16. The minimum absolute atomic E-state index is 0.724. The second-order valence-electron chi connectivity index (χ2n) is 5.68. The monoisotopic (exact) mass is 253 g/mol. The molecule has 1 nitrogen and oxygen atoms in total. The SMILES string of the molecule is c1ccc2c(CCC3CCCCCN3)cccc2c1. The van der Waals surface area contributed by atoms with Gasteiger partial charge in [0.05, 0.1) is 0 Å². The average Bonchev–Trinajstić information content (AvgIpc) is 2.74. The predicted molar refractivity (Wildman–Crippen MR) is 82.5 cm³/mol. The lowest BCUT2D eigenvalue weighted by Crippen LogP contribution is -2.28. The Balaban J connectivity index is 1.71. The summed E-state index contributed by atoms with van der Waals surface area (Å²) in [6.07, 6.45) is 7.97. The van der Waals surface area contributed by atoms with Crippen LogP contribution in [0.1, 0.15) is 37.7 Å². The first-order valence-electron chi connectivity index (χ1n) is 7.63. The summed E-state index contributed by atoms with van der Waals surface area (Å²) in [5.41, 5.74) is 1.50. The molecular formula is C18H23N. The van der Waals surface area contributed by atoms with Crippen molar-refractivity contribution >= 4 is 10.8 Å². The van der Waals surface area contributed by atoms with Crippen LogP contribution in [-0.2, 0) is 6.42 Å². The van der Waals surface area contributed by atoms with Crippen LogP contribution < -0.4 is 5.32 Å². The van der Waals surface area contributed by atoms with Crippen LogP contribution in [0.15, 0.2) is 42.5 Å². The van der Waals surface area contributed by atoms with Crippen LogP contribution in [0.2, 0.25) is 0 Å². The van der Waals surface area contributed by atoms with E-state index in [1.54, 1.807) is 0 Å². The third-order valence-electron chi connectivity index (χ3n) is 4.30. The number of nitrogens with one attached hydrogen (secondary N) is 1. The summed E-state index contributed by atoms with van der Waals surface area (Å²) < 4.78 is 0. The maximum absolute atomic E-state index is 3.70. The van der Waals surface area contributed by atoms with E-state index in [2.05, 4.69) is 47.8 Å². The molecule has 1 fully saturated rings. The Labute approximate surface area is 116 Å². The van der Waals surface area contributed by atoms with Gasteiger partial charge >= 0.3 is 0 Å². The molecule has 1 atom stereocenters. The molecule has 19 heavy (non-hydrogen) atoms. The fraction of sp³-hybridized carbons (Fsp3) is 0.444. The van der Waals surface area contributed by atoms with E-state index in [0.29, 0.717) is 0 Å². The van der Waals surface area contributed by atoms with E-state index in [0.717, 1.165) is 6.04 Å². The number of benzene rings is 2. The van der Waals surface area contributed by atoms with E-state index in [9.17, 15) is 0 Å². The molecule has 0 amide bonds. The Morgan fingerprint density at radius 2 is 1.84 bits per heavy atom. The molecule has 2 aromatic carbocycles. The third-order valence-corrected chi connectivity index (χ3v) is 4.30. The number of aryl methyl sites for hydroxylation is 1. The zero-order chi connectivity index (χ0) is 12.9. The molecule has 0 spiro atoms. The molecule has 3 rings (SSSR count). The van der Waals surface area contributed by atoms with Gasteiger partial charge in [0, 0.05) is 6.04 Å². The van der Waals surface area contributed by atoms with E-state index in [1.165, 1.54) is 61.4 Å². The lowest BCUT2D eigenvalue weighted by atomic mass is 9.97. The van der Waals surface area contributed by atoms with Gasteiger partial charge in [0.25, 0.3) is 0 Å². The largest absolute Gasteiger partial charge is 0.314 e. The van der Waals surface area contributed by atoms with Gasteiger partial charge in [-0.3, -0.25) is 0 Å². The summed E-state index contributed by atoms with van der Waals surface area (Å²) in [6.45, 7) is 1.21. The highest BCUT2D eigenvalue weighted by atomic mass is 14.9. The van der Waals surface area contributed by atoms with Crippen LogP contribution in [0, 0.1) is 0 Å². The highest BCUT2D eigenvalue weighted by molar-refractivity contribution is 5.85. The molecule has 1 saturated heterocycles. The molecule has 1 unspecified atom stereocenters. The number of hydrogen-bond acceptors (Lipinski definition) is 1. The van der Waals surface area contributed by atoms with E-state index in [1.807, 2.05) is 0 Å². The molecule has 0 aromatic heterocycles. The highest BCUT2D eigenvalue weighted by Crippen LogP contribution is 2.21. The number of rotatable bonds is 3. The van der Waals surface area contributed by atoms with E-state index in [4.69, 9.17) is 0 Å². The second-order valence-corrected chi connectivity index (χ2v) is 5.68. The minimum Gasteiger partial charge on any atom is -0.314 e. The molecular weight excluding hydrogens is 230 g/mol. The fourth-order valence-electron chi connectivity index (χ4n) is 3.19. The van der Waals surface area contributed by atoms with Gasteiger partial charge in [-0.2, -0.15) is 0 Å². The molecule has 1 aliphatic rings. The summed E-state index contributed by atoms with van der Waals surface area (Å²) in [5.74, 6) is 0. The van der Waals surface area contributed by atoms with Gasteiger partial charge in [0.2, 0.25) is 0 Å². The van der Waals surface area contributed by atoms with Crippen LogP contribution in [0.5, 0.6) is 0 Å². The van der Waals surface area contributed by atoms with Crippen LogP contribution in [-0.4, -0.2) is 12.6 Å². The average molecular weight is 253 g/mol. The Bertz CT molecular complexity index is 519. The first kappa shape index (κ1) is 12.7. The van der Waals surface area contributed by atoms with Crippen LogP contribution in [0.3, 0.4) is 0 Å². The van der Waals surface area contributed by atoms with Gasteiger partial charge in [0.1, 0.15) is 0 Å². The summed E-state index contributed by atoms with van der Waals surface area (Å²) in [5, 5.41) is 6.50. The smallest absolute Gasteiger partial charge is 0.00702 e. The van der Waals surface area contributed by atoms with Gasteiger partial charge < -0.3 is 5.32 Å². The highest BCUT2D eigenvalue weighted by Gasteiger charge is 2.11. The van der Waals surface area contributed by atoms with Crippen molar-refractivity contribution in [3.63, 3.8) is 0 Å². The second kappa shape index (κ2) is 6.21. The lowest BCUT2D eigenvalue weighted by Gasteiger charge is -2.16. The van der Waals surface area contributed by atoms with Crippen molar-refractivity contribution in [2.45, 2.75) is 44.6 Å². The van der Waals surface area contributed by atoms with Crippen molar-refractivity contribution in [1.29, 1.82) is 0 Å². The molecule has 2 aromatic rings. The van der Waals surface area contributed by atoms with Crippen LogP contribution in [0.4, 0.5) is 0 Å². The van der Waals surface area contributed by atoms with Gasteiger partial charge in [-0.1, -0.05) is 55.3 Å². The summed E-state index contributed by atoms with van der Waals surface area (Å²) in [4.78, 5) is 0. The topological polar surface area (TPSA) is 12.0 Å². The van der Waals surface area contributed by atoms with E-state index in [-0.39, 0.29) is 0 Å². The lowest BCUT2D eigenvalue weighted by molar-refractivity contribution is 0.479.